The molecule has 548 valence electrons. The summed E-state index contributed by atoms with van der Waals surface area (Å²) in [6, 6.07) is 143. The molecule has 2 aliphatic carbocycles. The first-order valence-electron chi connectivity index (χ1n) is 40.2. The summed E-state index contributed by atoms with van der Waals surface area (Å²) in [5.41, 5.74) is 31.1. The number of thiophene rings is 1. The first-order chi connectivity index (χ1) is 57.1. The van der Waals surface area contributed by atoms with Gasteiger partial charge in [-0.05, 0) is 223 Å². The molecule has 0 amide bonds. The van der Waals surface area contributed by atoms with Crippen LogP contribution in [0.4, 0.5) is 34.1 Å². The van der Waals surface area contributed by atoms with Gasteiger partial charge < -0.3 is 23.4 Å². The van der Waals surface area contributed by atoms with E-state index in [9.17, 15) is 0 Å². The Labute approximate surface area is 676 Å². The van der Waals surface area contributed by atoms with Crippen molar-refractivity contribution in [3.63, 3.8) is 0 Å². The minimum Gasteiger partial charge on any atom is -0.456 e. The van der Waals surface area contributed by atoms with Gasteiger partial charge in [0.05, 0.1) is 33.4 Å². The van der Waals surface area contributed by atoms with Gasteiger partial charge in [-0.25, -0.2) is 0 Å². The molecular weight excluding hydrogens is 1430 g/mol. The van der Waals surface area contributed by atoms with E-state index < -0.39 is 0 Å². The number of furan rings is 1. The van der Waals surface area contributed by atoms with Crippen LogP contribution in [0, 0.1) is 0 Å². The number of benzene rings is 18. The van der Waals surface area contributed by atoms with Crippen molar-refractivity contribution in [2.24, 2.45) is 0 Å². The molecule has 0 N–H and O–H groups in total. The Morgan fingerprint density at radius 1 is 0.233 bits per heavy atom. The highest BCUT2D eigenvalue weighted by Crippen LogP contribution is 2.55. The van der Waals surface area contributed by atoms with Gasteiger partial charge in [-0.3, -0.25) is 0 Å². The molecule has 0 radical (unpaired) electrons. The Balaban J connectivity index is 0.000000137. The van der Waals surface area contributed by atoms with Crippen LogP contribution in [0.2, 0.25) is 0 Å². The van der Waals surface area contributed by atoms with Gasteiger partial charge in [-0.2, -0.15) is 0 Å². The van der Waals surface area contributed by atoms with E-state index in [1.165, 1.54) is 158 Å². The minimum absolute atomic E-state index is 0.116. The van der Waals surface area contributed by atoms with E-state index in [1.807, 2.05) is 17.4 Å². The highest BCUT2D eigenvalue weighted by atomic mass is 32.1. The van der Waals surface area contributed by atoms with Crippen molar-refractivity contribution in [3.05, 3.63) is 411 Å². The summed E-state index contributed by atoms with van der Waals surface area (Å²) in [4.78, 5) is 4.94. The fourth-order valence-electron chi connectivity index (χ4n) is 19.7. The minimum atomic E-state index is -0.132. The molecule has 4 heterocycles. The lowest BCUT2D eigenvalue weighted by Crippen LogP contribution is -2.16. The van der Waals surface area contributed by atoms with Crippen molar-refractivity contribution in [3.8, 4) is 55.9 Å². The largest absolute Gasteiger partial charge is 0.456 e. The number of fused-ring (bicyclic) bond motifs is 20. The maximum Gasteiger partial charge on any atom is 0.135 e. The second-order valence-corrected chi connectivity index (χ2v) is 33.3. The van der Waals surface area contributed by atoms with Crippen molar-refractivity contribution < 1.29 is 4.42 Å². The van der Waals surface area contributed by atoms with Crippen molar-refractivity contribution in [2.45, 2.75) is 38.5 Å². The van der Waals surface area contributed by atoms with Crippen LogP contribution in [0.3, 0.4) is 0 Å². The van der Waals surface area contributed by atoms with Crippen molar-refractivity contribution >= 4 is 153 Å². The van der Waals surface area contributed by atoms with Gasteiger partial charge in [0.25, 0.3) is 0 Å². The normalized spacial score (nSPS) is 13.1. The second-order valence-electron chi connectivity index (χ2n) is 32.2. The van der Waals surface area contributed by atoms with E-state index in [0.29, 0.717) is 0 Å². The average molecular weight is 1500 g/mol. The Kier molecular flexibility index (Phi) is 15.2. The lowest BCUT2D eigenvalue weighted by molar-refractivity contribution is 0.660. The second kappa shape index (κ2) is 26.1. The Morgan fingerprint density at radius 2 is 0.603 bits per heavy atom. The average Bonchev–Trinajstić information content (AvgIpc) is 1.54. The predicted octanol–water partition coefficient (Wildman–Crippen LogP) is 31.0. The zero-order valence-electron chi connectivity index (χ0n) is 64.6. The molecule has 2 aliphatic rings. The van der Waals surface area contributed by atoms with E-state index in [1.54, 1.807) is 0 Å². The highest BCUT2D eigenvalue weighted by molar-refractivity contribution is 7.25. The van der Waals surface area contributed by atoms with Gasteiger partial charge in [0.2, 0.25) is 0 Å². The Morgan fingerprint density at radius 3 is 1.14 bits per heavy atom. The molecule has 0 aliphatic heterocycles. The quantitative estimate of drug-likeness (QED) is 0.137. The molecule has 0 saturated heterocycles. The summed E-state index contributed by atoms with van der Waals surface area (Å²) in [5, 5.41) is 14.7. The molecule has 0 fully saturated rings. The maximum atomic E-state index is 6.32. The van der Waals surface area contributed by atoms with Crippen LogP contribution in [-0.2, 0) is 10.8 Å². The van der Waals surface area contributed by atoms with Gasteiger partial charge in [0.1, 0.15) is 11.2 Å². The lowest BCUT2D eigenvalue weighted by Gasteiger charge is -2.29. The zero-order valence-corrected chi connectivity index (χ0v) is 65.4. The lowest BCUT2D eigenvalue weighted by atomic mass is 9.82. The molecule has 0 atom stereocenters. The van der Waals surface area contributed by atoms with Crippen LogP contribution < -0.4 is 9.80 Å². The molecule has 0 bridgehead atoms. The number of anilines is 6. The highest BCUT2D eigenvalue weighted by Gasteiger charge is 2.38. The van der Waals surface area contributed by atoms with E-state index >= 15 is 0 Å². The molecule has 5 nitrogen and oxygen atoms in total. The molecule has 4 aromatic heterocycles. The fourth-order valence-corrected chi connectivity index (χ4v) is 20.8. The molecule has 18 aromatic carbocycles. The molecular formula is C110H76N4OS. The summed E-state index contributed by atoms with van der Waals surface area (Å²) < 4.78 is 13.7. The van der Waals surface area contributed by atoms with Crippen LogP contribution in [0.15, 0.2) is 393 Å². The third kappa shape index (κ3) is 10.4. The van der Waals surface area contributed by atoms with Gasteiger partial charge in [0.15, 0.2) is 0 Å². The SMILES string of the molecule is CC1(C)c2ccccc2-c2ccc(N(c3ccc4oc5ccccc5c4c3)c3ccc(-c4ccc5c(c4)c4ccccc4n5-c4ccccc4)c4ccccc34)cc21.CC1(C)c2ccccc2-c2ccc(N(c3ccc4sc5ccccc5c4c3)c3ccc(-c4ccc5c(c4)c4ccccc4n5-c4ccccc4)c4ccccc34)cc21. The van der Waals surface area contributed by atoms with Gasteiger partial charge >= 0.3 is 0 Å². The molecule has 0 spiro atoms. The van der Waals surface area contributed by atoms with Crippen molar-refractivity contribution in [2.75, 3.05) is 9.80 Å². The molecule has 0 unspecified atom stereocenters. The molecule has 22 aromatic rings. The summed E-state index contributed by atoms with van der Waals surface area (Å²) in [6.45, 7) is 9.45. The van der Waals surface area contributed by atoms with Crippen LogP contribution >= 0.6 is 11.3 Å². The Bertz CT molecular complexity index is 7340. The van der Waals surface area contributed by atoms with E-state index in [4.69, 9.17) is 4.42 Å². The summed E-state index contributed by atoms with van der Waals surface area (Å²) in [6.07, 6.45) is 0. The molecule has 0 saturated carbocycles. The third-order valence-electron chi connectivity index (χ3n) is 25.2. The smallest absolute Gasteiger partial charge is 0.135 e. The van der Waals surface area contributed by atoms with Crippen LogP contribution in [0.1, 0.15) is 49.9 Å². The van der Waals surface area contributed by atoms with Crippen molar-refractivity contribution in [1.29, 1.82) is 0 Å². The number of hydrogen-bond acceptors (Lipinski definition) is 4. The monoisotopic (exact) mass is 1500 g/mol. The predicted molar refractivity (Wildman–Crippen MR) is 492 cm³/mol. The van der Waals surface area contributed by atoms with Crippen LogP contribution in [-0.4, -0.2) is 9.13 Å². The number of rotatable bonds is 10. The zero-order chi connectivity index (χ0) is 77.1. The number of para-hydroxylation sites is 5. The first kappa shape index (κ1) is 67.4. The third-order valence-corrected chi connectivity index (χ3v) is 26.3. The number of aromatic nitrogens is 2. The molecule has 24 rings (SSSR count). The molecule has 6 heteroatoms. The topological polar surface area (TPSA) is 29.5 Å². The van der Waals surface area contributed by atoms with Crippen LogP contribution in [0.5, 0.6) is 0 Å². The van der Waals surface area contributed by atoms with Gasteiger partial charge in [-0.15, -0.1) is 11.3 Å². The van der Waals surface area contributed by atoms with E-state index in [-0.39, 0.29) is 10.8 Å². The maximum absolute atomic E-state index is 6.32. The number of hydrogen-bond donors (Lipinski definition) is 0. The van der Waals surface area contributed by atoms with Gasteiger partial charge in [0, 0.05) is 108 Å². The fraction of sp³-hybridized carbons (Fsp3) is 0.0545. The summed E-state index contributed by atoms with van der Waals surface area (Å²) >= 11 is 1.87. The van der Waals surface area contributed by atoms with Crippen LogP contribution in [0.25, 0.3) is 163 Å². The van der Waals surface area contributed by atoms with Crippen molar-refractivity contribution in [1.82, 2.24) is 9.13 Å². The summed E-state index contributed by atoms with van der Waals surface area (Å²) in [7, 11) is 0. The number of nitrogens with zero attached hydrogens (tertiary/aromatic N) is 4. The Hall–Kier alpha value is -14.3. The van der Waals surface area contributed by atoms with E-state index in [2.05, 4.69) is 429 Å². The van der Waals surface area contributed by atoms with Gasteiger partial charge in [-0.1, -0.05) is 270 Å². The first-order valence-corrected chi connectivity index (χ1v) is 41.0. The standard InChI is InChI=1S/C55H38N2O.C55H38N2S/c2*1-55(2)48-21-11-8-17-41(48)42-27-25-38(34-49(42)55)56(37-26-31-54-47(33-37)45-20-10-13-23-53(45)58-54)51-30-28-39(40-16-6-7-18-43(40)51)35-24-29-52-46(32-35)44-19-9-12-22-50(44)57(52)36-14-4-3-5-15-36/h2*3-34H,1-2H3. The summed E-state index contributed by atoms with van der Waals surface area (Å²) in [5.74, 6) is 0. The van der Waals surface area contributed by atoms with E-state index in [0.717, 1.165) is 61.8 Å². The molecule has 116 heavy (non-hydrogen) atoms.